The fraction of sp³-hybridized carbons (Fsp3) is 0.800. The topological polar surface area (TPSA) is 113 Å². The Hall–Kier alpha value is -0.930. The van der Waals surface area contributed by atoms with Gasteiger partial charge in [-0.1, -0.05) is 0 Å². The van der Waals surface area contributed by atoms with Crippen molar-refractivity contribution < 1.29 is 19.5 Å². The van der Waals surface area contributed by atoms with Crippen molar-refractivity contribution in [2.75, 3.05) is 30.6 Å². The van der Waals surface area contributed by atoms with Gasteiger partial charge in [0.2, 0.25) is 11.8 Å². The van der Waals surface area contributed by atoms with Crippen molar-refractivity contribution >= 4 is 41.3 Å². The maximum atomic E-state index is 12.5. The van der Waals surface area contributed by atoms with Gasteiger partial charge in [-0.15, -0.1) is 0 Å². The molecule has 7 nitrogen and oxygen atoms in total. The van der Waals surface area contributed by atoms with Gasteiger partial charge in [0.1, 0.15) is 12.1 Å². The lowest BCUT2D eigenvalue weighted by Crippen LogP contribution is -2.54. The first-order valence-corrected chi connectivity index (χ1v) is 10.8. The number of hydrogen-bond acceptors (Lipinski definition) is 6. The first kappa shape index (κ1) is 21.1. The van der Waals surface area contributed by atoms with Crippen LogP contribution in [0.15, 0.2) is 0 Å². The van der Waals surface area contributed by atoms with Crippen molar-refractivity contribution in [3.05, 3.63) is 0 Å². The number of aliphatic carboxylic acids is 1. The SMILES string of the molecule is CSCCC(N)C(=O)N1CCCC1C(=O)NC(CCSC)C(=O)O. The molecule has 24 heavy (non-hydrogen) atoms. The van der Waals surface area contributed by atoms with E-state index in [0.29, 0.717) is 31.6 Å². The molecular weight excluding hydrogens is 350 g/mol. The van der Waals surface area contributed by atoms with Gasteiger partial charge in [-0.2, -0.15) is 23.5 Å². The summed E-state index contributed by atoms with van der Waals surface area (Å²) < 4.78 is 0. The van der Waals surface area contributed by atoms with Gasteiger partial charge in [-0.25, -0.2) is 4.79 Å². The molecule has 3 atom stereocenters. The van der Waals surface area contributed by atoms with Crippen LogP contribution in [-0.2, 0) is 14.4 Å². The minimum atomic E-state index is -1.05. The van der Waals surface area contributed by atoms with Crippen LogP contribution < -0.4 is 11.1 Å². The van der Waals surface area contributed by atoms with E-state index in [0.717, 1.165) is 12.2 Å². The van der Waals surface area contributed by atoms with Crippen LogP contribution in [0.2, 0.25) is 0 Å². The molecule has 0 saturated carbocycles. The highest BCUT2D eigenvalue weighted by atomic mass is 32.2. The molecule has 0 aliphatic carbocycles. The van der Waals surface area contributed by atoms with Crippen LogP contribution in [0, 0.1) is 0 Å². The van der Waals surface area contributed by atoms with E-state index >= 15 is 0 Å². The number of amides is 2. The number of thioether (sulfide) groups is 2. The standard InChI is InChI=1S/C15H27N3O4S2/c1-23-8-5-10(16)14(20)18-7-3-4-12(18)13(19)17-11(15(21)22)6-9-24-2/h10-12H,3-9,16H2,1-2H3,(H,17,19)(H,21,22). The molecule has 1 aliphatic heterocycles. The number of carbonyl (C=O) groups is 3. The number of carboxylic acids is 1. The molecule has 0 radical (unpaired) electrons. The molecule has 138 valence electrons. The molecule has 0 aromatic heterocycles. The molecule has 2 amide bonds. The summed E-state index contributed by atoms with van der Waals surface area (Å²) in [7, 11) is 0. The number of likely N-dealkylation sites (tertiary alicyclic amines) is 1. The van der Waals surface area contributed by atoms with Crippen molar-refractivity contribution in [3.8, 4) is 0 Å². The summed E-state index contributed by atoms with van der Waals surface area (Å²) in [6, 6.07) is -2.15. The molecule has 1 heterocycles. The molecule has 9 heteroatoms. The summed E-state index contributed by atoms with van der Waals surface area (Å²) in [6.45, 7) is 0.492. The van der Waals surface area contributed by atoms with E-state index in [2.05, 4.69) is 5.32 Å². The van der Waals surface area contributed by atoms with E-state index < -0.39 is 30.0 Å². The quantitative estimate of drug-likeness (QED) is 0.504. The summed E-state index contributed by atoms with van der Waals surface area (Å²) in [5.74, 6) is -0.244. The van der Waals surface area contributed by atoms with Gasteiger partial charge in [0.05, 0.1) is 6.04 Å². The third kappa shape index (κ3) is 6.18. The highest BCUT2D eigenvalue weighted by Gasteiger charge is 2.37. The van der Waals surface area contributed by atoms with E-state index in [1.54, 1.807) is 11.8 Å². The van der Waals surface area contributed by atoms with E-state index in [1.807, 2.05) is 12.5 Å². The highest BCUT2D eigenvalue weighted by molar-refractivity contribution is 7.98. The van der Waals surface area contributed by atoms with Crippen LogP contribution in [0.25, 0.3) is 0 Å². The first-order valence-electron chi connectivity index (χ1n) is 7.99. The lowest BCUT2D eigenvalue weighted by Gasteiger charge is -2.27. The molecule has 1 saturated heterocycles. The number of nitrogens with one attached hydrogen (secondary N) is 1. The zero-order valence-electron chi connectivity index (χ0n) is 14.2. The van der Waals surface area contributed by atoms with Crippen molar-refractivity contribution in [2.24, 2.45) is 5.73 Å². The molecule has 1 rings (SSSR count). The van der Waals surface area contributed by atoms with Gasteiger partial charge in [0.25, 0.3) is 0 Å². The second-order valence-electron chi connectivity index (χ2n) is 5.76. The average Bonchev–Trinajstić information content (AvgIpc) is 3.04. The highest BCUT2D eigenvalue weighted by Crippen LogP contribution is 2.19. The molecule has 4 N–H and O–H groups in total. The largest absolute Gasteiger partial charge is 0.480 e. The van der Waals surface area contributed by atoms with Gasteiger partial charge in [0, 0.05) is 6.54 Å². The Labute approximate surface area is 151 Å². The van der Waals surface area contributed by atoms with E-state index in [4.69, 9.17) is 5.73 Å². The van der Waals surface area contributed by atoms with Crippen LogP contribution in [0.4, 0.5) is 0 Å². The van der Waals surface area contributed by atoms with Gasteiger partial charge < -0.3 is 21.1 Å². The zero-order valence-corrected chi connectivity index (χ0v) is 15.8. The third-order valence-electron chi connectivity index (χ3n) is 4.01. The summed E-state index contributed by atoms with van der Waals surface area (Å²) in [5.41, 5.74) is 5.93. The molecule has 1 fully saturated rings. The van der Waals surface area contributed by atoms with Gasteiger partial charge >= 0.3 is 5.97 Å². The van der Waals surface area contributed by atoms with Crippen LogP contribution in [-0.4, -0.2) is 76.5 Å². The monoisotopic (exact) mass is 377 g/mol. The minimum Gasteiger partial charge on any atom is -0.480 e. The van der Waals surface area contributed by atoms with Gasteiger partial charge in [-0.3, -0.25) is 9.59 Å². The molecule has 0 aromatic carbocycles. The first-order chi connectivity index (χ1) is 11.4. The Morgan fingerprint density at radius 3 is 2.46 bits per heavy atom. The van der Waals surface area contributed by atoms with E-state index in [-0.39, 0.29) is 5.91 Å². The van der Waals surface area contributed by atoms with Gasteiger partial charge in [0.15, 0.2) is 0 Å². The Kier molecular flexibility index (Phi) is 9.53. The lowest BCUT2D eigenvalue weighted by atomic mass is 10.1. The molecule has 0 spiro atoms. The predicted octanol–water partition coefficient (Wildman–Crippen LogP) is 0.380. The maximum absolute atomic E-state index is 12.5. The summed E-state index contributed by atoms with van der Waals surface area (Å²) in [4.78, 5) is 37.7. The molecule has 3 unspecified atom stereocenters. The summed E-state index contributed by atoms with van der Waals surface area (Å²) in [5, 5.41) is 11.8. The second-order valence-corrected chi connectivity index (χ2v) is 7.73. The summed E-state index contributed by atoms with van der Waals surface area (Å²) in [6.07, 6.45) is 6.02. The van der Waals surface area contributed by atoms with Crippen LogP contribution in [0.1, 0.15) is 25.7 Å². The molecule has 1 aliphatic rings. The van der Waals surface area contributed by atoms with Crippen LogP contribution >= 0.6 is 23.5 Å². The van der Waals surface area contributed by atoms with Gasteiger partial charge in [-0.05, 0) is 49.7 Å². The Morgan fingerprint density at radius 2 is 1.88 bits per heavy atom. The fourth-order valence-electron chi connectivity index (χ4n) is 2.65. The smallest absolute Gasteiger partial charge is 0.326 e. The second kappa shape index (κ2) is 10.8. The number of hydrogen-bond donors (Lipinski definition) is 3. The van der Waals surface area contributed by atoms with Crippen molar-refractivity contribution in [1.29, 1.82) is 0 Å². The Balaban J connectivity index is 2.67. The average molecular weight is 378 g/mol. The summed E-state index contributed by atoms with van der Waals surface area (Å²) >= 11 is 3.14. The fourth-order valence-corrected chi connectivity index (χ4v) is 3.61. The minimum absolute atomic E-state index is 0.224. The normalized spacial score (nSPS) is 19.8. The predicted molar refractivity (Wildman–Crippen MR) is 98.3 cm³/mol. The number of rotatable bonds is 10. The molecule has 0 bridgehead atoms. The van der Waals surface area contributed by atoms with Crippen LogP contribution in [0.5, 0.6) is 0 Å². The number of nitrogens with two attached hydrogens (primary N) is 1. The molecular formula is C15H27N3O4S2. The van der Waals surface area contributed by atoms with Crippen LogP contribution in [0.3, 0.4) is 0 Å². The van der Waals surface area contributed by atoms with E-state index in [9.17, 15) is 19.5 Å². The Bertz CT molecular complexity index is 450. The number of carbonyl (C=O) groups excluding carboxylic acids is 2. The lowest BCUT2D eigenvalue weighted by molar-refractivity contribution is -0.144. The molecule has 0 aromatic rings. The maximum Gasteiger partial charge on any atom is 0.326 e. The van der Waals surface area contributed by atoms with Crippen molar-refractivity contribution in [3.63, 3.8) is 0 Å². The Morgan fingerprint density at radius 1 is 1.25 bits per heavy atom. The third-order valence-corrected chi connectivity index (χ3v) is 5.30. The number of nitrogens with zero attached hydrogens (tertiary/aromatic N) is 1. The van der Waals surface area contributed by atoms with Crippen molar-refractivity contribution in [1.82, 2.24) is 10.2 Å². The van der Waals surface area contributed by atoms with Crippen molar-refractivity contribution in [2.45, 2.75) is 43.8 Å². The number of carboxylic acid groups (broad SMARTS) is 1. The van der Waals surface area contributed by atoms with E-state index in [1.165, 1.54) is 16.7 Å². The zero-order chi connectivity index (χ0) is 18.1.